The van der Waals surface area contributed by atoms with Gasteiger partial charge in [0, 0.05) is 24.3 Å². The van der Waals surface area contributed by atoms with Gasteiger partial charge in [-0.3, -0.25) is 9.59 Å². The van der Waals surface area contributed by atoms with Crippen LogP contribution in [0.4, 0.5) is 18.9 Å². The molecule has 24 heavy (non-hydrogen) atoms. The number of hydrogen-bond donors (Lipinski definition) is 3. The monoisotopic (exact) mass is 339 g/mol. The first-order valence-corrected chi connectivity index (χ1v) is 7.17. The zero-order chi connectivity index (χ0) is 17.7. The summed E-state index contributed by atoms with van der Waals surface area (Å²) in [4.78, 5) is 25.7. The Bertz CT molecular complexity index is 724. The lowest BCUT2D eigenvalue weighted by molar-refractivity contribution is -0.141. The lowest BCUT2D eigenvalue weighted by Crippen LogP contribution is -2.29. The number of amides is 2. The Morgan fingerprint density at radius 1 is 1.17 bits per heavy atom. The standard InChI is InChI=1S/C16H16F3N3O2/c1-10-9-12(14(21-10)16(17,18)19)15(24)20-8-7-13(23)22-11-5-3-2-4-6-11/h2-6,9,21H,7-8H2,1H3,(H,20,24)(H,22,23). The molecule has 0 bridgehead atoms. The van der Waals surface area contributed by atoms with Crippen LogP contribution in [0.3, 0.4) is 0 Å². The van der Waals surface area contributed by atoms with E-state index in [1.807, 2.05) is 0 Å². The summed E-state index contributed by atoms with van der Waals surface area (Å²) in [5, 5.41) is 4.94. The molecule has 1 aromatic carbocycles. The molecule has 2 amide bonds. The molecule has 0 aliphatic carbocycles. The highest BCUT2D eigenvalue weighted by molar-refractivity contribution is 5.96. The highest BCUT2D eigenvalue weighted by atomic mass is 19.4. The molecule has 8 heteroatoms. The van der Waals surface area contributed by atoms with Gasteiger partial charge in [-0.15, -0.1) is 0 Å². The number of H-pyrrole nitrogens is 1. The van der Waals surface area contributed by atoms with Crippen LogP contribution in [-0.2, 0) is 11.0 Å². The maximum Gasteiger partial charge on any atom is 0.432 e. The van der Waals surface area contributed by atoms with Crippen LogP contribution in [0.2, 0.25) is 0 Å². The van der Waals surface area contributed by atoms with Crippen LogP contribution in [0.25, 0.3) is 0 Å². The Kier molecular flexibility index (Phi) is 5.28. The van der Waals surface area contributed by atoms with Gasteiger partial charge in [0.25, 0.3) is 5.91 Å². The van der Waals surface area contributed by atoms with Gasteiger partial charge in [0.15, 0.2) is 0 Å². The summed E-state index contributed by atoms with van der Waals surface area (Å²) >= 11 is 0. The van der Waals surface area contributed by atoms with Crippen LogP contribution in [-0.4, -0.2) is 23.3 Å². The number of aromatic nitrogens is 1. The van der Waals surface area contributed by atoms with Crippen LogP contribution in [0.1, 0.15) is 28.2 Å². The fourth-order valence-corrected chi connectivity index (χ4v) is 2.12. The van der Waals surface area contributed by atoms with E-state index in [2.05, 4.69) is 15.6 Å². The van der Waals surface area contributed by atoms with Crippen molar-refractivity contribution in [2.24, 2.45) is 0 Å². The summed E-state index contributed by atoms with van der Waals surface area (Å²) in [6, 6.07) is 9.84. The molecule has 0 radical (unpaired) electrons. The van der Waals surface area contributed by atoms with Gasteiger partial charge in [-0.05, 0) is 25.1 Å². The van der Waals surface area contributed by atoms with Crippen LogP contribution in [0.5, 0.6) is 0 Å². The number of halogens is 3. The molecule has 128 valence electrons. The lowest BCUT2D eigenvalue weighted by Gasteiger charge is -2.09. The SMILES string of the molecule is Cc1cc(C(=O)NCCC(=O)Nc2ccccc2)c(C(F)(F)F)[nH]1. The second kappa shape index (κ2) is 7.20. The molecular formula is C16H16F3N3O2. The third kappa shape index (κ3) is 4.61. The van der Waals surface area contributed by atoms with Crippen molar-refractivity contribution in [3.05, 3.63) is 53.3 Å². The summed E-state index contributed by atoms with van der Waals surface area (Å²) in [6.45, 7) is 1.36. The second-order valence-electron chi connectivity index (χ2n) is 5.16. The maximum atomic E-state index is 12.8. The van der Waals surface area contributed by atoms with Crippen LogP contribution in [0.15, 0.2) is 36.4 Å². The van der Waals surface area contributed by atoms with Crippen LogP contribution < -0.4 is 10.6 Å². The van der Waals surface area contributed by atoms with E-state index in [1.165, 1.54) is 6.92 Å². The first-order chi connectivity index (χ1) is 11.3. The van der Waals surface area contributed by atoms with Gasteiger partial charge in [0.1, 0.15) is 5.69 Å². The number of aromatic amines is 1. The summed E-state index contributed by atoms with van der Waals surface area (Å²) in [5.41, 5.74) is -0.738. The fourth-order valence-electron chi connectivity index (χ4n) is 2.12. The number of hydrogen-bond acceptors (Lipinski definition) is 2. The van der Waals surface area contributed by atoms with E-state index >= 15 is 0 Å². The van der Waals surface area contributed by atoms with Gasteiger partial charge < -0.3 is 15.6 Å². The Labute approximate surface area is 136 Å². The minimum absolute atomic E-state index is 0.0502. The Balaban J connectivity index is 1.89. The van der Waals surface area contributed by atoms with E-state index in [1.54, 1.807) is 30.3 Å². The van der Waals surface area contributed by atoms with Crippen molar-refractivity contribution in [3.63, 3.8) is 0 Å². The fraction of sp³-hybridized carbons (Fsp3) is 0.250. The van der Waals surface area contributed by atoms with Crippen molar-refractivity contribution >= 4 is 17.5 Å². The molecule has 1 aromatic heterocycles. The number of anilines is 1. The molecule has 0 saturated heterocycles. The number of benzene rings is 1. The third-order valence-corrected chi connectivity index (χ3v) is 3.18. The highest BCUT2D eigenvalue weighted by Gasteiger charge is 2.37. The van der Waals surface area contributed by atoms with Crippen molar-refractivity contribution < 1.29 is 22.8 Å². The first-order valence-electron chi connectivity index (χ1n) is 7.17. The predicted molar refractivity (Wildman–Crippen MR) is 82.6 cm³/mol. The molecule has 0 fully saturated rings. The number of carbonyl (C=O) groups excluding carboxylic acids is 2. The van der Waals surface area contributed by atoms with E-state index in [9.17, 15) is 22.8 Å². The van der Waals surface area contributed by atoms with Crippen LogP contribution >= 0.6 is 0 Å². The number of alkyl halides is 3. The average molecular weight is 339 g/mol. The summed E-state index contributed by atoms with van der Waals surface area (Å²) in [7, 11) is 0. The number of carbonyl (C=O) groups is 2. The molecule has 0 aliphatic rings. The number of aryl methyl sites for hydroxylation is 1. The third-order valence-electron chi connectivity index (χ3n) is 3.18. The smallest absolute Gasteiger partial charge is 0.354 e. The van der Waals surface area contributed by atoms with Gasteiger partial charge >= 0.3 is 6.18 Å². The molecule has 0 unspecified atom stereocenters. The maximum absolute atomic E-state index is 12.8. The quantitative estimate of drug-likeness (QED) is 0.783. The highest BCUT2D eigenvalue weighted by Crippen LogP contribution is 2.31. The largest absolute Gasteiger partial charge is 0.432 e. The zero-order valence-electron chi connectivity index (χ0n) is 12.8. The predicted octanol–water partition coefficient (Wildman–Crippen LogP) is 3.10. The average Bonchev–Trinajstić information content (AvgIpc) is 2.90. The second-order valence-corrected chi connectivity index (χ2v) is 5.16. The van der Waals surface area contributed by atoms with Crippen molar-refractivity contribution in [2.75, 3.05) is 11.9 Å². The van der Waals surface area contributed by atoms with Gasteiger partial charge in [0.05, 0.1) is 5.56 Å². The molecule has 2 rings (SSSR count). The molecule has 1 heterocycles. The normalized spacial score (nSPS) is 11.2. The van der Waals surface area contributed by atoms with Crippen molar-refractivity contribution in [1.29, 1.82) is 0 Å². The van der Waals surface area contributed by atoms with Crippen molar-refractivity contribution in [1.82, 2.24) is 10.3 Å². The van der Waals surface area contributed by atoms with Gasteiger partial charge in [0.2, 0.25) is 5.91 Å². The topological polar surface area (TPSA) is 74.0 Å². The summed E-state index contributed by atoms with van der Waals surface area (Å²) < 4.78 is 38.5. The minimum atomic E-state index is -4.65. The summed E-state index contributed by atoms with van der Waals surface area (Å²) in [5.74, 6) is -1.22. The van der Waals surface area contributed by atoms with Crippen LogP contribution in [0, 0.1) is 6.92 Å². The Morgan fingerprint density at radius 2 is 1.83 bits per heavy atom. The molecule has 0 saturated carbocycles. The molecule has 3 N–H and O–H groups in total. The van der Waals surface area contributed by atoms with Gasteiger partial charge in [-0.2, -0.15) is 13.2 Å². The molecule has 0 atom stereocenters. The first kappa shape index (κ1) is 17.6. The van der Waals surface area contributed by atoms with E-state index in [4.69, 9.17) is 0 Å². The van der Waals surface area contributed by atoms with Crippen molar-refractivity contribution in [3.8, 4) is 0 Å². The van der Waals surface area contributed by atoms with Gasteiger partial charge in [-0.25, -0.2) is 0 Å². The van der Waals surface area contributed by atoms with Gasteiger partial charge in [-0.1, -0.05) is 18.2 Å². The van der Waals surface area contributed by atoms with Crippen molar-refractivity contribution in [2.45, 2.75) is 19.5 Å². The molecule has 0 spiro atoms. The molecular weight excluding hydrogens is 323 g/mol. The van der Waals surface area contributed by atoms with E-state index in [0.29, 0.717) is 5.69 Å². The number of para-hydroxylation sites is 1. The van der Waals surface area contributed by atoms with E-state index in [-0.39, 0.29) is 24.6 Å². The molecule has 0 aliphatic heterocycles. The van der Waals surface area contributed by atoms with E-state index in [0.717, 1.165) is 6.07 Å². The Morgan fingerprint density at radius 3 is 2.46 bits per heavy atom. The van der Waals surface area contributed by atoms with E-state index < -0.39 is 23.3 Å². The molecule has 5 nitrogen and oxygen atoms in total. The minimum Gasteiger partial charge on any atom is -0.354 e. The number of rotatable bonds is 5. The molecule has 2 aromatic rings. The number of nitrogens with one attached hydrogen (secondary N) is 3. The zero-order valence-corrected chi connectivity index (χ0v) is 12.8. The lowest BCUT2D eigenvalue weighted by atomic mass is 10.2. The Hall–Kier alpha value is -2.77. The summed E-state index contributed by atoms with van der Waals surface area (Å²) in [6.07, 6.45) is -4.70.